The van der Waals surface area contributed by atoms with Crippen molar-refractivity contribution >= 4 is 29.1 Å². The second-order valence-corrected chi connectivity index (χ2v) is 7.22. The quantitative estimate of drug-likeness (QED) is 0.704. The standard InChI is InChI=1S/C20H21ClN6O2/c1-13-16(21)6-3-7-17(13)23-20(28)27-11-9-26(10-12-27)18-15(5-4-8-22-18)19-25-24-14(2)29-19/h3-8H,9-12H2,1-2H3,(H,23,28). The van der Waals surface area contributed by atoms with E-state index >= 15 is 0 Å². The first-order valence-corrected chi connectivity index (χ1v) is 9.72. The maximum Gasteiger partial charge on any atom is 0.321 e. The van der Waals surface area contributed by atoms with Gasteiger partial charge < -0.3 is 19.5 Å². The molecule has 1 aliphatic heterocycles. The molecule has 9 heteroatoms. The second kappa shape index (κ2) is 8.08. The molecule has 3 aromatic rings. The average Bonchev–Trinajstić information content (AvgIpc) is 3.18. The second-order valence-electron chi connectivity index (χ2n) is 6.82. The Labute approximate surface area is 173 Å². The molecule has 1 aliphatic rings. The fourth-order valence-electron chi connectivity index (χ4n) is 3.28. The normalized spacial score (nSPS) is 14.2. The van der Waals surface area contributed by atoms with Gasteiger partial charge in [0.25, 0.3) is 5.89 Å². The van der Waals surface area contributed by atoms with E-state index in [9.17, 15) is 4.79 Å². The first-order valence-electron chi connectivity index (χ1n) is 9.34. The Morgan fingerprint density at radius 1 is 1.10 bits per heavy atom. The van der Waals surface area contributed by atoms with E-state index in [1.54, 1.807) is 24.1 Å². The van der Waals surface area contributed by atoms with E-state index in [0.717, 1.165) is 22.6 Å². The van der Waals surface area contributed by atoms with Crippen LogP contribution < -0.4 is 10.2 Å². The maximum atomic E-state index is 12.7. The lowest BCUT2D eigenvalue weighted by Gasteiger charge is -2.36. The summed E-state index contributed by atoms with van der Waals surface area (Å²) < 4.78 is 5.57. The maximum absolute atomic E-state index is 12.7. The van der Waals surface area contributed by atoms with E-state index in [1.807, 2.05) is 31.2 Å². The highest BCUT2D eigenvalue weighted by molar-refractivity contribution is 6.31. The number of anilines is 2. The minimum Gasteiger partial charge on any atom is -0.421 e. The number of carbonyl (C=O) groups is 1. The Hall–Kier alpha value is -3.13. The molecule has 3 heterocycles. The lowest BCUT2D eigenvalue weighted by Crippen LogP contribution is -2.50. The van der Waals surface area contributed by atoms with Gasteiger partial charge in [0.1, 0.15) is 5.82 Å². The SMILES string of the molecule is Cc1nnc(-c2cccnc2N2CCN(C(=O)Nc3cccc(Cl)c3C)CC2)o1. The summed E-state index contributed by atoms with van der Waals surface area (Å²) in [6.07, 6.45) is 1.74. The Bertz CT molecular complexity index is 1030. The lowest BCUT2D eigenvalue weighted by molar-refractivity contribution is 0.208. The van der Waals surface area contributed by atoms with Crippen LogP contribution in [0.3, 0.4) is 0 Å². The number of piperazine rings is 1. The van der Waals surface area contributed by atoms with Crippen molar-refractivity contribution in [2.24, 2.45) is 0 Å². The largest absolute Gasteiger partial charge is 0.421 e. The van der Waals surface area contributed by atoms with Crippen molar-refractivity contribution < 1.29 is 9.21 Å². The van der Waals surface area contributed by atoms with Crippen LogP contribution in [-0.2, 0) is 0 Å². The molecule has 0 aliphatic carbocycles. The summed E-state index contributed by atoms with van der Waals surface area (Å²) >= 11 is 6.14. The van der Waals surface area contributed by atoms with Gasteiger partial charge in [0.05, 0.1) is 5.56 Å². The summed E-state index contributed by atoms with van der Waals surface area (Å²) in [6.45, 7) is 6.09. The summed E-state index contributed by atoms with van der Waals surface area (Å²) in [4.78, 5) is 21.1. The summed E-state index contributed by atoms with van der Waals surface area (Å²) in [5.41, 5.74) is 2.37. The number of hydrogen-bond donors (Lipinski definition) is 1. The number of nitrogens with one attached hydrogen (secondary N) is 1. The number of benzene rings is 1. The number of carbonyl (C=O) groups excluding carboxylic acids is 1. The van der Waals surface area contributed by atoms with Crippen molar-refractivity contribution in [3.05, 3.63) is 53.0 Å². The molecular formula is C20H21ClN6O2. The van der Waals surface area contributed by atoms with E-state index in [1.165, 1.54) is 0 Å². The molecule has 0 bridgehead atoms. The lowest BCUT2D eigenvalue weighted by atomic mass is 10.2. The topological polar surface area (TPSA) is 87.4 Å². The molecule has 2 amide bonds. The molecule has 0 saturated carbocycles. The first kappa shape index (κ1) is 19.2. The van der Waals surface area contributed by atoms with E-state index in [-0.39, 0.29) is 6.03 Å². The van der Waals surface area contributed by atoms with Crippen molar-refractivity contribution in [1.29, 1.82) is 0 Å². The highest BCUT2D eigenvalue weighted by atomic mass is 35.5. The van der Waals surface area contributed by atoms with Gasteiger partial charge in [-0.15, -0.1) is 10.2 Å². The number of pyridine rings is 1. The minimum atomic E-state index is -0.135. The van der Waals surface area contributed by atoms with E-state index in [4.69, 9.17) is 16.0 Å². The summed E-state index contributed by atoms with van der Waals surface area (Å²) in [5, 5.41) is 11.6. The smallest absolute Gasteiger partial charge is 0.321 e. The predicted molar refractivity (Wildman–Crippen MR) is 111 cm³/mol. The molecule has 4 rings (SSSR count). The molecule has 1 fully saturated rings. The Morgan fingerprint density at radius 2 is 1.90 bits per heavy atom. The predicted octanol–water partition coefficient (Wildman–Crippen LogP) is 3.76. The fourth-order valence-corrected chi connectivity index (χ4v) is 3.45. The highest BCUT2D eigenvalue weighted by Gasteiger charge is 2.25. The molecule has 1 aromatic carbocycles. The number of amides is 2. The van der Waals surface area contributed by atoms with Gasteiger partial charge in [-0.3, -0.25) is 0 Å². The van der Waals surface area contributed by atoms with Crippen LogP contribution >= 0.6 is 11.6 Å². The van der Waals surface area contributed by atoms with Crippen molar-refractivity contribution in [3.63, 3.8) is 0 Å². The molecule has 0 spiro atoms. The molecule has 1 N–H and O–H groups in total. The first-order chi connectivity index (χ1) is 14.0. The zero-order chi connectivity index (χ0) is 20.4. The van der Waals surface area contributed by atoms with Crippen LogP contribution in [0.25, 0.3) is 11.5 Å². The van der Waals surface area contributed by atoms with Crippen LogP contribution in [-0.4, -0.2) is 52.3 Å². The monoisotopic (exact) mass is 412 g/mol. The van der Waals surface area contributed by atoms with E-state index in [2.05, 4.69) is 25.4 Å². The van der Waals surface area contributed by atoms with Crippen molar-refractivity contribution in [1.82, 2.24) is 20.1 Å². The molecule has 8 nitrogen and oxygen atoms in total. The van der Waals surface area contributed by atoms with Gasteiger partial charge in [0, 0.05) is 50.0 Å². The van der Waals surface area contributed by atoms with Gasteiger partial charge in [-0.25, -0.2) is 9.78 Å². The summed E-state index contributed by atoms with van der Waals surface area (Å²) in [6, 6.07) is 9.10. The molecule has 150 valence electrons. The van der Waals surface area contributed by atoms with E-state index in [0.29, 0.717) is 43.0 Å². The van der Waals surface area contributed by atoms with Crippen LogP contribution in [0, 0.1) is 13.8 Å². The van der Waals surface area contributed by atoms with Gasteiger partial charge in [0.15, 0.2) is 0 Å². The van der Waals surface area contributed by atoms with Crippen LogP contribution in [0.15, 0.2) is 40.9 Å². The average molecular weight is 413 g/mol. The Balaban J connectivity index is 1.44. The summed E-state index contributed by atoms with van der Waals surface area (Å²) in [5.74, 6) is 1.73. The fraction of sp³-hybridized carbons (Fsp3) is 0.300. The van der Waals surface area contributed by atoms with Crippen LogP contribution in [0.1, 0.15) is 11.5 Å². The van der Waals surface area contributed by atoms with Crippen LogP contribution in [0.4, 0.5) is 16.3 Å². The molecule has 2 aromatic heterocycles. The number of rotatable bonds is 3. The molecule has 0 unspecified atom stereocenters. The van der Waals surface area contributed by atoms with Crippen LogP contribution in [0.2, 0.25) is 5.02 Å². The molecule has 29 heavy (non-hydrogen) atoms. The van der Waals surface area contributed by atoms with Gasteiger partial charge in [0.2, 0.25) is 5.89 Å². The van der Waals surface area contributed by atoms with E-state index < -0.39 is 0 Å². The molecule has 0 radical (unpaired) electrons. The van der Waals surface area contributed by atoms with Crippen molar-refractivity contribution in [2.45, 2.75) is 13.8 Å². The third-order valence-corrected chi connectivity index (χ3v) is 5.33. The van der Waals surface area contributed by atoms with Gasteiger partial charge in [-0.2, -0.15) is 0 Å². The Kier molecular flexibility index (Phi) is 5.35. The highest BCUT2D eigenvalue weighted by Crippen LogP contribution is 2.28. The third-order valence-electron chi connectivity index (χ3n) is 4.92. The van der Waals surface area contributed by atoms with Gasteiger partial charge in [-0.1, -0.05) is 17.7 Å². The zero-order valence-corrected chi connectivity index (χ0v) is 17.0. The zero-order valence-electron chi connectivity index (χ0n) is 16.2. The van der Waals surface area contributed by atoms with Gasteiger partial charge in [-0.05, 0) is 36.8 Å². The third kappa shape index (κ3) is 4.02. The Morgan fingerprint density at radius 3 is 2.62 bits per heavy atom. The number of hydrogen-bond acceptors (Lipinski definition) is 6. The molecule has 1 saturated heterocycles. The molecular weight excluding hydrogens is 392 g/mol. The van der Waals surface area contributed by atoms with Crippen molar-refractivity contribution in [2.75, 3.05) is 36.4 Å². The number of halogens is 1. The number of aromatic nitrogens is 3. The molecule has 0 atom stereocenters. The van der Waals surface area contributed by atoms with Crippen LogP contribution in [0.5, 0.6) is 0 Å². The summed E-state index contributed by atoms with van der Waals surface area (Å²) in [7, 11) is 0. The van der Waals surface area contributed by atoms with Gasteiger partial charge >= 0.3 is 6.03 Å². The number of urea groups is 1. The minimum absolute atomic E-state index is 0.135. The number of aryl methyl sites for hydroxylation is 1. The number of nitrogens with zero attached hydrogens (tertiary/aromatic N) is 5. The van der Waals surface area contributed by atoms with Crippen molar-refractivity contribution in [3.8, 4) is 11.5 Å².